The summed E-state index contributed by atoms with van der Waals surface area (Å²) in [4.78, 5) is 27.9. The number of hydrogen-bond donors (Lipinski definition) is 4. The summed E-state index contributed by atoms with van der Waals surface area (Å²) in [6.07, 6.45) is 47.8. The quantitative estimate of drug-likeness (QED) is 0.0363. The second kappa shape index (κ2) is 52.2. The fourth-order valence-corrected chi connectivity index (χ4v) is 10.9. The van der Waals surface area contributed by atoms with Crippen molar-refractivity contribution < 1.29 is 19.4 Å². The predicted octanol–water partition coefficient (Wildman–Crippen LogP) is 12.9. The Balaban J connectivity index is 3.27. The van der Waals surface area contributed by atoms with E-state index in [4.69, 9.17) is 0 Å². The molecule has 0 saturated heterocycles. The number of carbonyl (C=O) groups excluding carboxylic acids is 2. The van der Waals surface area contributed by atoms with E-state index >= 15 is 0 Å². The van der Waals surface area contributed by atoms with E-state index in [2.05, 4.69) is 38.3 Å². The number of nitrogens with one attached hydrogen (secondary N) is 4. The molecular formula is C53H110N4O2S2+2. The van der Waals surface area contributed by atoms with E-state index in [0.717, 1.165) is 38.8 Å². The Morgan fingerprint density at radius 3 is 0.934 bits per heavy atom. The maximum Gasteiger partial charge on any atom is 0.219 e. The molecule has 0 heterocycles. The molecule has 0 bridgehead atoms. The van der Waals surface area contributed by atoms with Gasteiger partial charge in [0.05, 0.1) is 39.3 Å². The second-order valence-corrected chi connectivity index (χ2v) is 21.4. The Kier molecular flexibility index (Phi) is 51.8. The lowest BCUT2D eigenvalue weighted by Crippen LogP contribution is -3.11. The molecule has 0 aliphatic carbocycles. The van der Waals surface area contributed by atoms with Gasteiger partial charge in [-0.05, 0) is 97.8 Å². The average Bonchev–Trinajstić information content (AvgIpc) is 3.27. The molecule has 0 rings (SSSR count). The predicted molar refractivity (Wildman–Crippen MR) is 276 cm³/mol. The van der Waals surface area contributed by atoms with Gasteiger partial charge in [0.15, 0.2) is 0 Å². The van der Waals surface area contributed by atoms with Gasteiger partial charge in [-0.3, -0.25) is 9.59 Å². The van der Waals surface area contributed by atoms with Crippen molar-refractivity contribution >= 4 is 33.4 Å². The van der Waals surface area contributed by atoms with Crippen LogP contribution in [0.5, 0.6) is 0 Å². The fourth-order valence-electron chi connectivity index (χ4n) is 8.59. The van der Waals surface area contributed by atoms with Crippen LogP contribution in [0.3, 0.4) is 0 Å². The van der Waals surface area contributed by atoms with Crippen LogP contribution in [-0.4, -0.2) is 75.7 Å². The van der Waals surface area contributed by atoms with Gasteiger partial charge in [-0.15, -0.1) is 0 Å². The Bertz CT molecular complexity index is 877. The van der Waals surface area contributed by atoms with E-state index in [0.29, 0.717) is 12.8 Å². The van der Waals surface area contributed by atoms with Gasteiger partial charge in [0.1, 0.15) is 0 Å². The third-order valence-corrected chi connectivity index (χ3v) is 15.6. The van der Waals surface area contributed by atoms with Crippen LogP contribution < -0.4 is 20.4 Å². The summed E-state index contributed by atoms with van der Waals surface area (Å²) in [6.45, 7) is 18.9. The van der Waals surface area contributed by atoms with Crippen LogP contribution in [0.25, 0.3) is 0 Å². The van der Waals surface area contributed by atoms with E-state index in [1.807, 2.05) is 26.5 Å². The van der Waals surface area contributed by atoms with Crippen LogP contribution in [0, 0.1) is 0 Å². The summed E-state index contributed by atoms with van der Waals surface area (Å²) in [5, 5.41) is 6.28. The van der Waals surface area contributed by atoms with Crippen molar-refractivity contribution in [2.75, 3.05) is 63.9 Å². The SMILES string of the molecule is CCCCC[NH+](CC)CCCCCCCCCCCCCCCC(=O)NCCCCCSSCCCCCNC(=O)CCCCCCCCCCCCCCC[NH+](CC)CC. The highest BCUT2D eigenvalue weighted by atomic mass is 33.1. The maximum atomic E-state index is 12.2. The molecule has 6 nitrogen and oxygen atoms in total. The molecule has 1 atom stereocenters. The van der Waals surface area contributed by atoms with Gasteiger partial charge in [0.2, 0.25) is 11.8 Å². The third-order valence-electron chi connectivity index (χ3n) is 13.0. The number of amides is 2. The summed E-state index contributed by atoms with van der Waals surface area (Å²) < 4.78 is 0. The minimum atomic E-state index is 0.249. The zero-order valence-electron chi connectivity index (χ0n) is 41.9. The number of rotatable bonds is 52. The van der Waals surface area contributed by atoms with Gasteiger partial charge in [-0.2, -0.15) is 0 Å². The molecule has 0 aromatic rings. The Labute approximate surface area is 390 Å². The van der Waals surface area contributed by atoms with E-state index in [9.17, 15) is 9.59 Å². The van der Waals surface area contributed by atoms with E-state index in [1.54, 1.807) is 4.90 Å². The molecule has 4 N–H and O–H groups in total. The minimum absolute atomic E-state index is 0.249. The van der Waals surface area contributed by atoms with Crippen molar-refractivity contribution in [3.05, 3.63) is 0 Å². The zero-order valence-corrected chi connectivity index (χ0v) is 43.5. The zero-order chi connectivity index (χ0) is 44.4. The molecular weight excluding hydrogens is 789 g/mol. The first-order valence-corrected chi connectivity index (χ1v) is 30.0. The van der Waals surface area contributed by atoms with Crippen molar-refractivity contribution in [3.63, 3.8) is 0 Å². The van der Waals surface area contributed by atoms with Gasteiger partial charge >= 0.3 is 0 Å². The minimum Gasteiger partial charge on any atom is -0.356 e. The van der Waals surface area contributed by atoms with Crippen molar-refractivity contribution in [2.24, 2.45) is 0 Å². The molecule has 0 aromatic carbocycles. The van der Waals surface area contributed by atoms with Gasteiger partial charge in [0.25, 0.3) is 0 Å². The maximum absolute atomic E-state index is 12.2. The first-order valence-electron chi connectivity index (χ1n) is 27.5. The topological polar surface area (TPSA) is 67.1 Å². The highest BCUT2D eigenvalue weighted by molar-refractivity contribution is 8.76. The monoisotopic (exact) mass is 899 g/mol. The van der Waals surface area contributed by atoms with Crippen LogP contribution in [0.15, 0.2) is 0 Å². The molecule has 364 valence electrons. The van der Waals surface area contributed by atoms with E-state index < -0.39 is 0 Å². The molecule has 2 amide bonds. The van der Waals surface area contributed by atoms with Gasteiger partial charge in [-0.25, -0.2) is 0 Å². The molecule has 0 aliphatic rings. The van der Waals surface area contributed by atoms with Gasteiger partial charge in [-0.1, -0.05) is 176 Å². The standard InChI is InChI=1S/C53H108N4O2S2/c1-5-9-38-48-57(8-4)49-40-31-27-23-19-15-11-13-17-21-25-29-35-44-53(59)55-46-37-33-42-51-61-60-50-41-32-36-45-54-52(58)43-34-28-24-20-16-12-10-14-18-22-26-30-39-47-56(6-2)7-3/h5-51H2,1-4H3,(H,54,58)(H,55,59)/p+2. The Morgan fingerprint density at radius 2 is 0.607 bits per heavy atom. The van der Waals surface area contributed by atoms with Crippen molar-refractivity contribution in [3.8, 4) is 0 Å². The fraction of sp³-hybridized carbons (Fsp3) is 0.962. The molecule has 61 heavy (non-hydrogen) atoms. The Hall–Kier alpha value is -0.440. The highest BCUT2D eigenvalue weighted by Crippen LogP contribution is 2.24. The number of hydrogen-bond acceptors (Lipinski definition) is 4. The summed E-state index contributed by atoms with van der Waals surface area (Å²) in [6, 6.07) is 0. The molecule has 1 unspecified atom stereocenters. The number of quaternary nitrogens is 2. The highest BCUT2D eigenvalue weighted by Gasteiger charge is 2.06. The molecule has 8 heteroatoms. The summed E-state index contributed by atoms with van der Waals surface area (Å²) in [5.74, 6) is 2.90. The summed E-state index contributed by atoms with van der Waals surface area (Å²) in [5.41, 5.74) is 0. The summed E-state index contributed by atoms with van der Waals surface area (Å²) >= 11 is 0. The molecule has 0 radical (unpaired) electrons. The lowest BCUT2D eigenvalue weighted by atomic mass is 10.0. The normalized spacial score (nSPS) is 12.1. The number of unbranched alkanes of at least 4 members (excludes halogenated alkanes) is 30. The van der Waals surface area contributed by atoms with E-state index in [-0.39, 0.29) is 11.8 Å². The lowest BCUT2D eigenvalue weighted by Gasteiger charge is -2.17. The number of carbonyl (C=O) groups is 2. The third kappa shape index (κ3) is 48.8. The van der Waals surface area contributed by atoms with E-state index in [1.165, 1.54) is 250 Å². The smallest absolute Gasteiger partial charge is 0.219 e. The molecule has 0 saturated carbocycles. The largest absolute Gasteiger partial charge is 0.356 e. The first-order chi connectivity index (χ1) is 30.1. The van der Waals surface area contributed by atoms with Gasteiger partial charge in [0, 0.05) is 37.4 Å². The van der Waals surface area contributed by atoms with Crippen molar-refractivity contribution in [1.82, 2.24) is 10.6 Å². The van der Waals surface area contributed by atoms with Crippen molar-refractivity contribution in [1.29, 1.82) is 0 Å². The lowest BCUT2D eigenvalue weighted by molar-refractivity contribution is -0.898. The van der Waals surface area contributed by atoms with Crippen LogP contribution in [-0.2, 0) is 9.59 Å². The van der Waals surface area contributed by atoms with Crippen LogP contribution in [0.4, 0.5) is 0 Å². The van der Waals surface area contributed by atoms with Crippen molar-refractivity contribution in [2.45, 2.75) is 265 Å². The Morgan fingerprint density at radius 1 is 0.328 bits per heavy atom. The van der Waals surface area contributed by atoms with Gasteiger partial charge < -0.3 is 20.4 Å². The van der Waals surface area contributed by atoms with Crippen LogP contribution in [0.2, 0.25) is 0 Å². The molecule has 0 aliphatic heterocycles. The van der Waals surface area contributed by atoms with Crippen LogP contribution >= 0.6 is 21.6 Å². The summed E-state index contributed by atoms with van der Waals surface area (Å²) in [7, 11) is 4.00. The molecule has 0 fully saturated rings. The molecule has 0 spiro atoms. The molecule has 0 aromatic heterocycles. The van der Waals surface area contributed by atoms with Crippen LogP contribution in [0.1, 0.15) is 265 Å². The first kappa shape index (κ1) is 60.6. The second-order valence-electron chi connectivity index (χ2n) is 18.7. The average molecular weight is 900 g/mol.